The molecule has 35 heavy (non-hydrogen) atoms. The Bertz CT molecular complexity index is 1200. The highest BCUT2D eigenvalue weighted by Gasteiger charge is 2.60. The van der Waals surface area contributed by atoms with Gasteiger partial charge in [-0.1, -0.05) is 62.2 Å². The first kappa shape index (κ1) is 26.7. The minimum absolute atomic E-state index is 0.0310. The van der Waals surface area contributed by atoms with Crippen LogP contribution in [0.3, 0.4) is 0 Å². The second-order valence-corrected chi connectivity index (χ2v) is 10.7. The number of nitriles is 1. The predicted octanol–water partition coefficient (Wildman–Crippen LogP) is 5.94. The number of likely N-dealkylation sites (tertiary alicyclic amines) is 1. The van der Waals surface area contributed by atoms with Gasteiger partial charge in [-0.15, -0.1) is 0 Å². The third kappa shape index (κ3) is 5.21. The first-order valence-electron chi connectivity index (χ1n) is 10.9. The van der Waals surface area contributed by atoms with Crippen LogP contribution in [0.25, 0.3) is 0 Å². The number of benzene rings is 2. The molecule has 186 valence electrons. The van der Waals surface area contributed by atoms with Crippen molar-refractivity contribution in [2.24, 2.45) is 11.3 Å². The molecule has 1 aliphatic heterocycles. The first-order chi connectivity index (χ1) is 16.3. The van der Waals surface area contributed by atoms with Crippen molar-refractivity contribution in [3.63, 3.8) is 0 Å². The van der Waals surface area contributed by atoms with Crippen molar-refractivity contribution in [2.75, 3.05) is 13.1 Å². The Morgan fingerprint density at radius 2 is 1.94 bits per heavy atom. The number of hydrogen-bond donors (Lipinski definition) is 2. The Morgan fingerprint density at radius 1 is 1.26 bits per heavy atom. The number of carbonyl (C=O) groups excluding carboxylic acids is 1. The normalized spacial score (nSPS) is 22.1. The van der Waals surface area contributed by atoms with Gasteiger partial charge in [-0.2, -0.15) is 5.26 Å². The number of carboxylic acids is 1. The maximum Gasteiger partial charge on any atom is 0.323 e. The lowest BCUT2D eigenvalue weighted by Crippen LogP contribution is -2.45. The van der Waals surface area contributed by atoms with Gasteiger partial charge < -0.3 is 15.3 Å². The van der Waals surface area contributed by atoms with Gasteiger partial charge in [-0.25, -0.2) is 13.6 Å². The molecule has 0 aliphatic carbocycles. The zero-order chi connectivity index (χ0) is 26.1. The number of carboxylic acid groups (broad SMARTS) is 1. The van der Waals surface area contributed by atoms with E-state index in [-0.39, 0.29) is 33.1 Å². The quantitative estimate of drug-likeness (QED) is 0.507. The average Bonchev–Trinajstić information content (AvgIpc) is 3.07. The lowest BCUT2D eigenvalue weighted by molar-refractivity contribution is -0.135. The van der Waals surface area contributed by atoms with E-state index in [1.807, 2.05) is 20.8 Å². The van der Waals surface area contributed by atoms with E-state index >= 15 is 8.78 Å². The number of urea groups is 1. The number of carbonyl (C=O) groups is 2. The third-order valence-electron chi connectivity index (χ3n) is 6.15. The van der Waals surface area contributed by atoms with Crippen LogP contribution in [-0.2, 0) is 10.2 Å². The van der Waals surface area contributed by atoms with Crippen molar-refractivity contribution in [2.45, 2.75) is 38.6 Å². The van der Waals surface area contributed by atoms with Gasteiger partial charge >= 0.3 is 12.0 Å². The molecule has 2 N–H and O–H groups in total. The van der Waals surface area contributed by atoms with Crippen molar-refractivity contribution in [1.82, 2.24) is 10.2 Å². The second kappa shape index (κ2) is 10.00. The van der Waals surface area contributed by atoms with Gasteiger partial charge in [0.25, 0.3) is 0 Å². The lowest BCUT2D eigenvalue weighted by Gasteiger charge is -2.38. The summed E-state index contributed by atoms with van der Waals surface area (Å²) in [6, 6.07) is 8.21. The van der Waals surface area contributed by atoms with Gasteiger partial charge in [-0.3, -0.25) is 4.79 Å². The van der Waals surface area contributed by atoms with Crippen LogP contribution in [0, 0.1) is 34.3 Å². The molecule has 0 unspecified atom stereocenters. The number of rotatable bonds is 5. The summed E-state index contributed by atoms with van der Waals surface area (Å²) < 4.78 is 30.9. The summed E-state index contributed by atoms with van der Waals surface area (Å²) in [5.74, 6) is -3.52. The van der Waals surface area contributed by atoms with E-state index in [1.54, 1.807) is 0 Å². The average molecular weight is 524 g/mol. The third-order valence-corrected chi connectivity index (χ3v) is 6.68. The van der Waals surface area contributed by atoms with E-state index in [1.165, 1.54) is 35.2 Å². The van der Waals surface area contributed by atoms with Crippen LogP contribution in [0.1, 0.15) is 44.4 Å². The zero-order valence-electron chi connectivity index (χ0n) is 19.4. The minimum Gasteiger partial charge on any atom is -0.480 e. The molecule has 6 nitrogen and oxygen atoms in total. The molecule has 1 fully saturated rings. The zero-order valence-corrected chi connectivity index (χ0v) is 20.9. The number of aliphatic carboxylic acids is 1. The Labute approximate surface area is 212 Å². The smallest absolute Gasteiger partial charge is 0.323 e. The monoisotopic (exact) mass is 523 g/mol. The molecule has 1 aliphatic rings. The summed E-state index contributed by atoms with van der Waals surface area (Å²) >= 11 is 12.0. The second-order valence-electron chi connectivity index (χ2n) is 9.82. The van der Waals surface area contributed by atoms with Crippen molar-refractivity contribution in [3.05, 3.63) is 69.2 Å². The fourth-order valence-electron chi connectivity index (χ4n) is 4.92. The van der Waals surface area contributed by atoms with Gasteiger partial charge in [0.2, 0.25) is 0 Å². The molecule has 2 aromatic rings. The SMILES string of the molecule is CC(C)(C)C[C@@H]1CN(C(=O)NCC(=O)O)[C@H](c2cccc(Cl)c2F)[C@@]1(C#N)c1ccc(Cl)cc1F. The Hall–Kier alpha value is -2.89. The van der Waals surface area contributed by atoms with Crippen LogP contribution in [0.2, 0.25) is 10.0 Å². The molecule has 0 radical (unpaired) electrons. The molecule has 0 bridgehead atoms. The van der Waals surface area contributed by atoms with Crippen LogP contribution < -0.4 is 5.32 Å². The van der Waals surface area contributed by atoms with Gasteiger partial charge in [0.1, 0.15) is 23.6 Å². The summed E-state index contributed by atoms with van der Waals surface area (Å²) in [5, 5.41) is 21.9. The van der Waals surface area contributed by atoms with E-state index < -0.39 is 47.6 Å². The maximum atomic E-state index is 15.4. The van der Waals surface area contributed by atoms with E-state index in [9.17, 15) is 14.9 Å². The molecular formula is C25H25Cl2F2N3O3. The van der Waals surface area contributed by atoms with E-state index in [4.69, 9.17) is 28.3 Å². The molecule has 3 rings (SSSR count). The standard InChI is InChI=1S/C25H25Cl2F2N3O3/c1-24(2,3)10-14-12-32(23(35)31-11-20(33)34)22(16-5-4-6-18(27)21(16)29)25(14,13-30)17-8-7-15(26)9-19(17)28/h4-9,14,22H,10-12H2,1-3H3,(H,31,35)(H,33,34)/t14-,22-,25-/m1/s1. The molecule has 0 aromatic heterocycles. The highest BCUT2D eigenvalue weighted by molar-refractivity contribution is 6.31. The largest absolute Gasteiger partial charge is 0.480 e. The lowest BCUT2D eigenvalue weighted by atomic mass is 9.63. The van der Waals surface area contributed by atoms with Crippen LogP contribution in [0.15, 0.2) is 36.4 Å². The van der Waals surface area contributed by atoms with Crippen LogP contribution in [0.5, 0.6) is 0 Å². The molecule has 10 heteroatoms. The fraction of sp³-hybridized carbons (Fsp3) is 0.400. The van der Waals surface area contributed by atoms with Crippen molar-refractivity contribution in [3.8, 4) is 6.07 Å². The minimum atomic E-state index is -1.73. The summed E-state index contributed by atoms with van der Waals surface area (Å²) in [7, 11) is 0. The van der Waals surface area contributed by atoms with Gasteiger partial charge in [-0.05, 0) is 30.0 Å². The van der Waals surface area contributed by atoms with Crippen LogP contribution in [0.4, 0.5) is 13.6 Å². The highest BCUT2D eigenvalue weighted by atomic mass is 35.5. The predicted molar refractivity (Wildman–Crippen MR) is 128 cm³/mol. The Kier molecular flexibility index (Phi) is 7.63. The van der Waals surface area contributed by atoms with E-state index in [0.29, 0.717) is 6.42 Å². The van der Waals surface area contributed by atoms with Crippen molar-refractivity contribution < 1.29 is 23.5 Å². The maximum absolute atomic E-state index is 15.4. The molecule has 2 aromatic carbocycles. The number of hydrogen-bond acceptors (Lipinski definition) is 3. The summed E-state index contributed by atoms with van der Waals surface area (Å²) in [5.41, 5.74) is -2.18. The van der Waals surface area contributed by atoms with Gasteiger partial charge in [0, 0.05) is 28.6 Å². The summed E-state index contributed by atoms with van der Waals surface area (Å²) in [6.45, 7) is 5.09. The molecule has 1 saturated heterocycles. The summed E-state index contributed by atoms with van der Waals surface area (Å²) in [4.78, 5) is 25.5. The summed E-state index contributed by atoms with van der Waals surface area (Å²) in [6.07, 6.45) is 0.379. The van der Waals surface area contributed by atoms with Crippen LogP contribution in [-0.4, -0.2) is 35.1 Å². The first-order valence-corrected chi connectivity index (χ1v) is 11.6. The fourth-order valence-corrected chi connectivity index (χ4v) is 5.26. The molecule has 0 saturated carbocycles. The number of amides is 2. The van der Waals surface area contributed by atoms with Crippen molar-refractivity contribution >= 4 is 35.2 Å². The number of halogens is 4. The van der Waals surface area contributed by atoms with E-state index in [2.05, 4.69) is 11.4 Å². The van der Waals surface area contributed by atoms with Gasteiger partial charge in [0.05, 0.1) is 17.1 Å². The molecule has 1 heterocycles. The van der Waals surface area contributed by atoms with Gasteiger partial charge in [0.15, 0.2) is 0 Å². The highest BCUT2D eigenvalue weighted by Crippen LogP contribution is 2.56. The van der Waals surface area contributed by atoms with Crippen LogP contribution >= 0.6 is 23.2 Å². The van der Waals surface area contributed by atoms with E-state index in [0.717, 1.165) is 6.07 Å². The Morgan fingerprint density at radius 3 is 2.51 bits per heavy atom. The topological polar surface area (TPSA) is 93.4 Å². The molecule has 3 atom stereocenters. The molecule has 2 amide bonds. The Balaban J connectivity index is 2.33. The molecular weight excluding hydrogens is 499 g/mol. The molecule has 0 spiro atoms. The van der Waals surface area contributed by atoms with Crippen molar-refractivity contribution in [1.29, 1.82) is 5.26 Å². The number of nitrogens with zero attached hydrogens (tertiary/aromatic N) is 2. The number of nitrogens with one attached hydrogen (secondary N) is 1.